The first-order valence-corrected chi connectivity index (χ1v) is 18.1. The Morgan fingerprint density at radius 3 is 1.32 bits per heavy atom. The fourth-order valence-corrected chi connectivity index (χ4v) is 9.17. The molecule has 0 bridgehead atoms. The van der Waals surface area contributed by atoms with Gasteiger partial charge in [0.1, 0.15) is 0 Å². The highest BCUT2D eigenvalue weighted by Gasteiger charge is 2.19. The van der Waals surface area contributed by atoms with Gasteiger partial charge in [0, 0.05) is 47.8 Å². The van der Waals surface area contributed by atoms with Crippen LogP contribution in [0.1, 0.15) is 0 Å². The number of fused-ring (bicyclic) bond motifs is 7. The Morgan fingerprint density at radius 1 is 0.320 bits per heavy atom. The minimum Gasteiger partial charge on any atom is -0.245 e. The quantitative estimate of drug-likeness (QED) is 0.182. The molecule has 10 aromatic rings. The fourth-order valence-electron chi connectivity index (χ4n) is 6.68. The second-order valence-corrected chi connectivity index (χ2v) is 14.3. The summed E-state index contributed by atoms with van der Waals surface area (Å²) in [7, 11) is 0. The van der Waals surface area contributed by atoms with E-state index in [0.717, 1.165) is 44.6 Å². The molecule has 50 heavy (non-hydrogen) atoms. The molecule has 6 heteroatoms. The Bertz CT molecular complexity index is 2780. The molecule has 0 spiro atoms. The van der Waals surface area contributed by atoms with Gasteiger partial charge >= 0.3 is 0 Å². The van der Waals surface area contributed by atoms with Gasteiger partial charge in [0.25, 0.3) is 0 Å². The van der Waals surface area contributed by atoms with Crippen LogP contribution in [0.2, 0.25) is 0 Å². The molecular formula is C44H26N4S2. The van der Waals surface area contributed by atoms with Crippen LogP contribution in [0.25, 0.3) is 97.0 Å². The van der Waals surface area contributed by atoms with E-state index >= 15 is 0 Å². The zero-order valence-corrected chi connectivity index (χ0v) is 28.2. The summed E-state index contributed by atoms with van der Waals surface area (Å²) in [4.78, 5) is 20.0. The predicted octanol–water partition coefficient (Wildman–Crippen LogP) is 12.3. The molecule has 0 amide bonds. The van der Waals surface area contributed by atoms with Crippen molar-refractivity contribution in [2.24, 2.45) is 0 Å². The maximum atomic E-state index is 5.36. The van der Waals surface area contributed by atoms with Crippen LogP contribution in [-0.2, 0) is 0 Å². The van der Waals surface area contributed by atoms with Gasteiger partial charge < -0.3 is 0 Å². The Hall–Kier alpha value is -6.08. The topological polar surface area (TPSA) is 51.6 Å². The molecule has 0 radical (unpaired) electrons. The van der Waals surface area contributed by atoms with Gasteiger partial charge in [-0.3, -0.25) is 0 Å². The molecule has 4 heterocycles. The second kappa shape index (κ2) is 11.8. The number of hydrogen-bond donors (Lipinski definition) is 0. The van der Waals surface area contributed by atoms with Crippen molar-refractivity contribution in [2.75, 3.05) is 0 Å². The summed E-state index contributed by atoms with van der Waals surface area (Å²) >= 11 is 3.68. The molecule has 0 atom stereocenters. The summed E-state index contributed by atoms with van der Waals surface area (Å²) in [5, 5.41) is 3.83. The van der Waals surface area contributed by atoms with E-state index in [2.05, 4.69) is 97.1 Å². The van der Waals surface area contributed by atoms with Crippen LogP contribution in [0.15, 0.2) is 158 Å². The number of hydrogen-bond acceptors (Lipinski definition) is 6. The highest BCUT2D eigenvalue weighted by Crippen LogP contribution is 2.47. The van der Waals surface area contributed by atoms with Crippen molar-refractivity contribution in [1.29, 1.82) is 0 Å². The highest BCUT2D eigenvalue weighted by atomic mass is 32.1. The third kappa shape index (κ3) is 4.88. The lowest BCUT2D eigenvalue weighted by atomic mass is 10.0. The zero-order chi connectivity index (χ0) is 33.0. The molecule has 234 valence electrons. The SMILES string of the molecule is c1ccc(-c2nc(-c3ccccc3)nc(-c3ccc(-c4ccc(-c5nc6c7ccccc7sc6c6c5sc5ccccc56)cc4)cc3)n2)cc1. The molecule has 0 saturated carbocycles. The van der Waals surface area contributed by atoms with Crippen LogP contribution in [0.4, 0.5) is 0 Å². The Labute approximate surface area is 296 Å². The lowest BCUT2D eigenvalue weighted by molar-refractivity contribution is 1.07. The lowest BCUT2D eigenvalue weighted by Gasteiger charge is -2.09. The summed E-state index contributed by atoms with van der Waals surface area (Å²) in [5.41, 5.74) is 8.36. The Morgan fingerprint density at radius 2 is 0.740 bits per heavy atom. The Kier molecular flexibility index (Phi) is 6.82. The molecule has 0 aliphatic carbocycles. The highest BCUT2D eigenvalue weighted by molar-refractivity contribution is 7.30. The molecular weight excluding hydrogens is 649 g/mol. The number of nitrogens with zero attached hydrogens (tertiary/aromatic N) is 4. The first kappa shape index (κ1) is 28.9. The molecule has 4 aromatic heterocycles. The van der Waals surface area contributed by atoms with Crippen LogP contribution in [-0.4, -0.2) is 19.9 Å². The molecule has 0 saturated heterocycles. The lowest BCUT2D eigenvalue weighted by Crippen LogP contribution is -2.00. The van der Waals surface area contributed by atoms with E-state index in [1.807, 2.05) is 83.3 Å². The van der Waals surface area contributed by atoms with E-state index in [0.29, 0.717) is 17.5 Å². The van der Waals surface area contributed by atoms with Gasteiger partial charge in [0.2, 0.25) is 0 Å². The molecule has 4 nitrogen and oxygen atoms in total. The van der Waals surface area contributed by atoms with Crippen LogP contribution in [0.5, 0.6) is 0 Å². The van der Waals surface area contributed by atoms with Gasteiger partial charge in [-0.2, -0.15) is 0 Å². The smallest absolute Gasteiger partial charge is 0.164 e. The van der Waals surface area contributed by atoms with Crippen molar-refractivity contribution in [3.05, 3.63) is 158 Å². The van der Waals surface area contributed by atoms with Gasteiger partial charge in [-0.25, -0.2) is 19.9 Å². The van der Waals surface area contributed by atoms with E-state index in [9.17, 15) is 0 Å². The minimum atomic E-state index is 0.648. The average Bonchev–Trinajstić information content (AvgIpc) is 3.77. The number of aromatic nitrogens is 4. The largest absolute Gasteiger partial charge is 0.245 e. The van der Waals surface area contributed by atoms with Crippen molar-refractivity contribution < 1.29 is 0 Å². The predicted molar refractivity (Wildman–Crippen MR) is 211 cm³/mol. The summed E-state index contributed by atoms with van der Waals surface area (Å²) in [6.07, 6.45) is 0. The molecule has 0 unspecified atom stereocenters. The monoisotopic (exact) mass is 674 g/mol. The average molecular weight is 675 g/mol. The van der Waals surface area contributed by atoms with Crippen LogP contribution in [0.3, 0.4) is 0 Å². The number of thiophene rings is 2. The number of rotatable bonds is 5. The van der Waals surface area contributed by atoms with Gasteiger partial charge in [-0.1, -0.05) is 146 Å². The van der Waals surface area contributed by atoms with E-state index in [1.54, 1.807) is 0 Å². The second-order valence-electron chi connectivity index (χ2n) is 12.2. The third-order valence-corrected chi connectivity index (χ3v) is 11.5. The molecule has 0 N–H and O–H groups in total. The summed E-state index contributed by atoms with van der Waals surface area (Å²) in [6.45, 7) is 0. The summed E-state index contributed by atoms with van der Waals surface area (Å²) < 4.78 is 5.07. The van der Waals surface area contributed by atoms with E-state index in [-0.39, 0.29) is 0 Å². The van der Waals surface area contributed by atoms with Crippen molar-refractivity contribution in [2.45, 2.75) is 0 Å². The van der Waals surface area contributed by atoms with E-state index in [1.165, 1.54) is 35.0 Å². The molecule has 0 fully saturated rings. The normalized spacial score (nSPS) is 11.6. The first-order chi connectivity index (χ1) is 24.8. The van der Waals surface area contributed by atoms with E-state index in [4.69, 9.17) is 19.9 Å². The number of pyridine rings is 1. The minimum absolute atomic E-state index is 0.648. The van der Waals surface area contributed by atoms with Crippen molar-refractivity contribution in [3.63, 3.8) is 0 Å². The standard InChI is InChI=1S/C44H26N4S2/c1-3-11-30(12-4-1)42-46-43(31-13-5-2-6-14-31)48-44(47-42)32-25-21-28(22-26-32)27-19-23-29(24-20-27)38-40-37(33-15-7-9-17-35(33)49-40)41-39(45-38)34-16-8-10-18-36(34)50-41/h1-26H. The van der Waals surface area contributed by atoms with E-state index < -0.39 is 0 Å². The Balaban J connectivity index is 1.03. The number of benzene rings is 6. The van der Waals surface area contributed by atoms with Crippen molar-refractivity contribution in [1.82, 2.24) is 19.9 Å². The van der Waals surface area contributed by atoms with Crippen molar-refractivity contribution >= 4 is 63.1 Å². The van der Waals surface area contributed by atoms with Gasteiger partial charge in [-0.15, -0.1) is 22.7 Å². The maximum Gasteiger partial charge on any atom is 0.164 e. The third-order valence-electron chi connectivity index (χ3n) is 9.16. The van der Waals surface area contributed by atoms with Crippen LogP contribution in [0, 0.1) is 0 Å². The van der Waals surface area contributed by atoms with Gasteiger partial charge in [0.15, 0.2) is 17.5 Å². The maximum absolute atomic E-state index is 5.36. The zero-order valence-electron chi connectivity index (χ0n) is 26.6. The summed E-state index contributed by atoms with van der Waals surface area (Å²) in [6, 6.07) is 54.8. The van der Waals surface area contributed by atoms with Gasteiger partial charge in [0.05, 0.1) is 20.6 Å². The molecule has 0 aliphatic heterocycles. The molecule has 0 aliphatic rings. The summed E-state index contributed by atoms with van der Waals surface area (Å²) in [5.74, 6) is 1.96. The molecule has 10 rings (SSSR count). The van der Waals surface area contributed by atoms with Crippen LogP contribution < -0.4 is 0 Å². The van der Waals surface area contributed by atoms with Crippen molar-refractivity contribution in [3.8, 4) is 56.5 Å². The van der Waals surface area contributed by atoms with Crippen LogP contribution >= 0.6 is 22.7 Å². The molecule has 6 aromatic carbocycles. The first-order valence-electron chi connectivity index (χ1n) is 16.5. The van der Waals surface area contributed by atoms with Gasteiger partial charge in [-0.05, 0) is 23.3 Å². The fraction of sp³-hybridized carbons (Fsp3) is 0.